The highest BCUT2D eigenvalue weighted by Crippen LogP contribution is 2.31. The van der Waals surface area contributed by atoms with E-state index >= 15 is 0 Å². The first kappa shape index (κ1) is 8.56. The van der Waals surface area contributed by atoms with Crippen molar-refractivity contribution in [1.82, 2.24) is 10.2 Å². The molecule has 15 heavy (non-hydrogen) atoms. The second kappa shape index (κ2) is 3.14. The van der Waals surface area contributed by atoms with Gasteiger partial charge in [-0.2, -0.15) is 5.10 Å². The molecule has 0 spiro atoms. The van der Waals surface area contributed by atoms with Crippen molar-refractivity contribution < 1.29 is 4.42 Å². The molecular weight excluding hydrogens is 212 g/mol. The van der Waals surface area contributed by atoms with E-state index < -0.39 is 0 Å². The summed E-state index contributed by atoms with van der Waals surface area (Å²) in [7, 11) is 0. The summed E-state index contributed by atoms with van der Waals surface area (Å²) >= 11 is 6.02. The van der Waals surface area contributed by atoms with Crippen LogP contribution >= 0.6 is 11.6 Å². The molecule has 0 radical (unpaired) electrons. The van der Waals surface area contributed by atoms with Crippen molar-refractivity contribution in [2.24, 2.45) is 0 Å². The lowest BCUT2D eigenvalue weighted by Crippen LogP contribution is -1.79. The molecule has 1 aromatic carbocycles. The average Bonchev–Trinajstić information content (AvgIpc) is 2.85. The van der Waals surface area contributed by atoms with Crippen LogP contribution in [0.15, 0.2) is 41.1 Å². The van der Waals surface area contributed by atoms with E-state index in [-0.39, 0.29) is 0 Å². The van der Waals surface area contributed by atoms with E-state index in [1.54, 1.807) is 12.5 Å². The molecule has 3 rings (SSSR count). The number of nitrogens with zero attached hydrogens (tertiary/aromatic N) is 1. The molecule has 1 N–H and O–H groups in total. The van der Waals surface area contributed by atoms with Gasteiger partial charge in [0.1, 0.15) is 5.58 Å². The summed E-state index contributed by atoms with van der Waals surface area (Å²) in [5.41, 5.74) is 2.67. The Balaban J connectivity index is 2.36. The molecule has 0 fully saturated rings. The summed E-state index contributed by atoms with van der Waals surface area (Å²) in [6.45, 7) is 0. The van der Waals surface area contributed by atoms with Gasteiger partial charge in [-0.1, -0.05) is 23.7 Å². The zero-order chi connectivity index (χ0) is 10.3. The van der Waals surface area contributed by atoms with Gasteiger partial charge >= 0.3 is 0 Å². The second-order valence-electron chi connectivity index (χ2n) is 3.23. The number of halogens is 1. The van der Waals surface area contributed by atoms with Gasteiger partial charge in [-0.25, -0.2) is 0 Å². The highest BCUT2D eigenvalue weighted by atomic mass is 35.5. The summed E-state index contributed by atoms with van der Waals surface area (Å²) in [6, 6.07) is 7.75. The Bertz CT molecular complexity index is 612. The summed E-state index contributed by atoms with van der Waals surface area (Å²) in [6.07, 6.45) is 3.26. The van der Waals surface area contributed by atoms with E-state index in [0.717, 1.165) is 22.2 Å². The first-order valence-corrected chi connectivity index (χ1v) is 4.89. The molecule has 0 saturated heterocycles. The third kappa shape index (κ3) is 1.24. The number of rotatable bonds is 1. The van der Waals surface area contributed by atoms with Crippen molar-refractivity contribution in [2.75, 3.05) is 0 Å². The van der Waals surface area contributed by atoms with Crippen LogP contribution < -0.4 is 0 Å². The van der Waals surface area contributed by atoms with Gasteiger partial charge in [0.25, 0.3) is 0 Å². The number of furan rings is 1. The number of aromatic nitrogens is 2. The number of hydrogen-bond acceptors (Lipinski definition) is 2. The topological polar surface area (TPSA) is 41.8 Å². The van der Waals surface area contributed by atoms with E-state index in [1.807, 2.05) is 24.3 Å². The monoisotopic (exact) mass is 218 g/mol. The minimum absolute atomic E-state index is 0.615. The standard InChI is InChI=1S/C11H7ClN2O/c12-9-6-13-14-11(9)8-2-1-3-10-7(8)4-5-15-10/h1-6H,(H,13,14). The highest BCUT2D eigenvalue weighted by Gasteiger charge is 2.10. The molecule has 0 aliphatic heterocycles. The first-order chi connectivity index (χ1) is 7.36. The van der Waals surface area contributed by atoms with Gasteiger partial charge < -0.3 is 4.42 Å². The maximum Gasteiger partial charge on any atom is 0.134 e. The Kier molecular flexibility index (Phi) is 1.79. The summed E-state index contributed by atoms with van der Waals surface area (Å²) in [5, 5.41) is 8.43. The number of benzene rings is 1. The van der Waals surface area contributed by atoms with Crippen LogP contribution in [0.3, 0.4) is 0 Å². The summed E-state index contributed by atoms with van der Waals surface area (Å²) in [5.74, 6) is 0. The first-order valence-electron chi connectivity index (χ1n) is 4.52. The maximum atomic E-state index is 6.02. The molecule has 74 valence electrons. The minimum Gasteiger partial charge on any atom is -0.464 e. The van der Waals surface area contributed by atoms with Crippen molar-refractivity contribution in [1.29, 1.82) is 0 Å². The number of fused-ring (bicyclic) bond motifs is 1. The van der Waals surface area contributed by atoms with Gasteiger partial charge in [-0.3, -0.25) is 5.10 Å². The molecule has 3 aromatic rings. The van der Waals surface area contributed by atoms with Gasteiger partial charge in [0.15, 0.2) is 0 Å². The van der Waals surface area contributed by atoms with Crippen LogP contribution in [0.25, 0.3) is 22.2 Å². The lowest BCUT2D eigenvalue weighted by atomic mass is 10.1. The average molecular weight is 219 g/mol. The molecule has 3 nitrogen and oxygen atoms in total. The fourth-order valence-electron chi connectivity index (χ4n) is 1.67. The summed E-state index contributed by atoms with van der Waals surface area (Å²) in [4.78, 5) is 0. The van der Waals surface area contributed by atoms with Crippen molar-refractivity contribution >= 4 is 22.6 Å². The molecule has 0 aliphatic carbocycles. The van der Waals surface area contributed by atoms with Crippen LogP contribution in [-0.2, 0) is 0 Å². The number of aromatic amines is 1. The van der Waals surface area contributed by atoms with Crippen LogP contribution in [0.2, 0.25) is 5.02 Å². The Labute approximate surface area is 90.7 Å². The fraction of sp³-hybridized carbons (Fsp3) is 0. The molecule has 0 saturated carbocycles. The van der Waals surface area contributed by atoms with Gasteiger partial charge in [0, 0.05) is 10.9 Å². The minimum atomic E-state index is 0.615. The third-order valence-corrected chi connectivity index (χ3v) is 2.64. The number of nitrogens with one attached hydrogen (secondary N) is 1. The van der Waals surface area contributed by atoms with Gasteiger partial charge in [0.05, 0.1) is 23.2 Å². The Morgan fingerprint density at radius 3 is 3.00 bits per heavy atom. The van der Waals surface area contributed by atoms with Crippen LogP contribution in [-0.4, -0.2) is 10.2 Å². The van der Waals surface area contributed by atoms with E-state index in [9.17, 15) is 0 Å². The maximum absolute atomic E-state index is 6.02. The molecule has 4 heteroatoms. The van der Waals surface area contributed by atoms with Crippen molar-refractivity contribution in [3.8, 4) is 11.3 Å². The number of H-pyrrole nitrogens is 1. The van der Waals surface area contributed by atoms with Gasteiger partial charge in [-0.05, 0) is 12.1 Å². The summed E-state index contributed by atoms with van der Waals surface area (Å²) < 4.78 is 5.32. The SMILES string of the molecule is Clc1cn[nH]c1-c1cccc2occc12. The Morgan fingerprint density at radius 1 is 1.27 bits per heavy atom. The lowest BCUT2D eigenvalue weighted by Gasteiger charge is -1.99. The van der Waals surface area contributed by atoms with E-state index in [2.05, 4.69) is 10.2 Å². The molecule has 0 amide bonds. The third-order valence-electron chi connectivity index (χ3n) is 2.36. The van der Waals surface area contributed by atoms with Crippen LogP contribution in [0.1, 0.15) is 0 Å². The number of hydrogen-bond donors (Lipinski definition) is 1. The predicted octanol–water partition coefficient (Wildman–Crippen LogP) is 3.48. The zero-order valence-corrected chi connectivity index (χ0v) is 8.45. The fourth-order valence-corrected chi connectivity index (χ4v) is 1.87. The second-order valence-corrected chi connectivity index (χ2v) is 3.64. The molecule has 0 bridgehead atoms. The molecule has 2 aromatic heterocycles. The van der Waals surface area contributed by atoms with Gasteiger partial charge in [0.2, 0.25) is 0 Å². The van der Waals surface area contributed by atoms with Crippen molar-refractivity contribution in [3.05, 3.63) is 41.7 Å². The predicted molar refractivity (Wildman–Crippen MR) is 58.8 cm³/mol. The molecular formula is C11H7ClN2O. The quantitative estimate of drug-likeness (QED) is 0.680. The van der Waals surface area contributed by atoms with E-state index in [1.165, 1.54) is 0 Å². The van der Waals surface area contributed by atoms with Crippen molar-refractivity contribution in [3.63, 3.8) is 0 Å². The largest absolute Gasteiger partial charge is 0.464 e. The molecule has 0 aliphatic rings. The van der Waals surface area contributed by atoms with Gasteiger partial charge in [-0.15, -0.1) is 0 Å². The van der Waals surface area contributed by atoms with E-state index in [0.29, 0.717) is 5.02 Å². The highest BCUT2D eigenvalue weighted by molar-refractivity contribution is 6.33. The van der Waals surface area contributed by atoms with Crippen LogP contribution in [0.5, 0.6) is 0 Å². The zero-order valence-electron chi connectivity index (χ0n) is 7.70. The van der Waals surface area contributed by atoms with E-state index in [4.69, 9.17) is 16.0 Å². The van der Waals surface area contributed by atoms with Crippen molar-refractivity contribution in [2.45, 2.75) is 0 Å². The smallest absolute Gasteiger partial charge is 0.134 e. The Hall–Kier alpha value is -1.74. The normalized spacial score (nSPS) is 11.0. The Morgan fingerprint density at radius 2 is 2.20 bits per heavy atom. The molecule has 0 unspecified atom stereocenters. The lowest BCUT2D eigenvalue weighted by molar-refractivity contribution is 0.616. The molecule has 2 heterocycles. The molecule has 0 atom stereocenters. The van der Waals surface area contributed by atoms with Crippen LogP contribution in [0.4, 0.5) is 0 Å². The van der Waals surface area contributed by atoms with Crippen LogP contribution in [0, 0.1) is 0 Å².